The van der Waals surface area contributed by atoms with Gasteiger partial charge in [0, 0.05) is 12.2 Å². The minimum atomic E-state index is -0.288. The predicted octanol–water partition coefficient (Wildman–Crippen LogP) is 4.17. The fourth-order valence-electron chi connectivity index (χ4n) is 2.59. The molecule has 0 spiro atoms. The second-order valence-corrected chi connectivity index (χ2v) is 5.95. The average Bonchev–Trinajstić information content (AvgIpc) is 2.73. The highest BCUT2D eigenvalue weighted by Crippen LogP contribution is 2.17. The normalized spacial score (nSPS) is 10.3. The summed E-state index contributed by atoms with van der Waals surface area (Å²) in [5.41, 5.74) is 5.86. The second kappa shape index (κ2) is 9.40. The summed E-state index contributed by atoms with van der Waals surface area (Å²) in [5, 5.41) is 3.30. The van der Waals surface area contributed by atoms with Crippen LogP contribution in [0, 0.1) is 0 Å². The molecule has 0 aliphatic rings. The van der Waals surface area contributed by atoms with E-state index in [0.717, 1.165) is 22.6 Å². The van der Waals surface area contributed by atoms with E-state index in [4.69, 9.17) is 9.57 Å². The lowest BCUT2D eigenvalue weighted by atomic mass is 10.1. The van der Waals surface area contributed by atoms with Crippen LogP contribution in [0.3, 0.4) is 0 Å². The molecule has 3 rings (SSSR count). The lowest BCUT2D eigenvalue weighted by molar-refractivity contribution is 0.0234. The molecule has 0 radical (unpaired) electrons. The third-order valence-electron chi connectivity index (χ3n) is 4.06. The van der Waals surface area contributed by atoms with Crippen molar-refractivity contribution in [2.75, 3.05) is 12.4 Å². The Bertz CT molecular complexity index is 864. The summed E-state index contributed by atoms with van der Waals surface area (Å²) >= 11 is 0. The van der Waals surface area contributed by atoms with Gasteiger partial charge in [0.1, 0.15) is 5.75 Å². The Morgan fingerprint density at radius 2 is 1.56 bits per heavy atom. The summed E-state index contributed by atoms with van der Waals surface area (Å²) < 4.78 is 5.16. The van der Waals surface area contributed by atoms with E-state index in [1.807, 2.05) is 72.8 Å². The number of hydrogen-bond acceptors (Lipinski definition) is 4. The van der Waals surface area contributed by atoms with Gasteiger partial charge in [0.2, 0.25) is 0 Å². The fourth-order valence-corrected chi connectivity index (χ4v) is 2.59. The smallest absolute Gasteiger partial charge is 0.276 e. The zero-order chi connectivity index (χ0) is 18.9. The molecule has 3 aromatic rings. The molecular weight excluding hydrogens is 340 g/mol. The van der Waals surface area contributed by atoms with E-state index >= 15 is 0 Å². The standard InChI is InChI=1S/C22H22N2O3/c1-26-19-13-11-17(12-14-19)15-23-21-10-6-5-9-20(21)22(25)24-27-16-18-7-3-2-4-8-18/h2-14,23H,15-16H2,1H3,(H,24,25). The number of hydroxylamine groups is 1. The minimum Gasteiger partial charge on any atom is -0.497 e. The van der Waals surface area contributed by atoms with Gasteiger partial charge in [-0.25, -0.2) is 5.48 Å². The van der Waals surface area contributed by atoms with E-state index in [-0.39, 0.29) is 5.91 Å². The van der Waals surface area contributed by atoms with Crippen LogP contribution in [-0.2, 0) is 18.0 Å². The van der Waals surface area contributed by atoms with Crippen molar-refractivity contribution in [2.24, 2.45) is 0 Å². The molecule has 138 valence electrons. The molecule has 1 amide bonds. The zero-order valence-corrected chi connectivity index (χ0v) is 15.1. The lowest BCUT2D eigenvalue weighted by Gasteiger charge is -2.12. The number of ether oxygens (including phenoxy) is 1. The van der Waals surface area contributed by atoms with Crippen molar-refractivity contribution in [1.29, 1.82) is 0 Å². The van der Waals surface area contributed by atoms with Gasteiger partial charge in [-0.1, -0.05) is 54.6 Å². The van der Waals surface area contributed by atoms with E-state index < -0.39 is 0 Å². The highest BCUT2D eigenvalue weighted by molar-refractivity contribution is 5.98. The first-order valence-corrected chi connectivity index (χ1v) is 8.68. The van der Waals surface area contributed by atoms with E-state index in [1.165, 1.54) is 0 Å². The first kappa shape index (κ1) is 18.5. The van der Waals surface area contributed by atoms with Crippen molar-refractivity contribution in [3.63, 3.8) is 0 Å². The van der Waals surface area contributed by atoms with Crippen LogP contribution >= 0.6 is 0 Å². The van der Waals surface area contributed by atoms with Crippen molar-refractivity contribution in [2.45, 2.75) is 13.2 Å². The SMILES string of the molecule is COc1ccc(CNc2ccccc2C(=O)NOCc2ccccc2)cc1. The Labute approximate surface area is 158 Å². The van der Waals surface area contributed by atoms with Crippen molar-refractivity contribution in [3.8, 4) is 5.75 Å². The number of hydrogen-bond donors (Lipinski definition) is 2. The molecule has 0 heterocycles. The van der Waals surface area contributed by atoms with E-state index in [1.54, 1.807) is 13.2 Å². The van der Waals surface area contributed by atoms with Gasteiger partial charge in [0.05, 0.1) is 19.3 Å². The molecule has 2 N–H and O–H groups in total. The highest BCUT2D eigenvalue weighted by Gasteiger charge is 2.11. The molecule has 0 saturated carbocycles. The van der Waals surface area contributed by atoms with Crippen LogP contribution in [0.1, 0.15) is 21.5 Å². The number of carbonyl (C=O) groups excluding carboxylic acids is 1. The second-order valence-electron chi connectivity index (χ2n) is 5.95. The number of amides is 1. The molecule has 0 bridgehead atoms. The molecule has 0 saturated heterocycles. The third-order valence-corrected chi connectivity index (χ3v) is 4.06. The maximum Gasteiger partial charge on any atom is 0.276 e. The molecule has 0 aromatic heterocycles. The molecule has 5 heteroatoms. The number of methoxy groups -OCH3 is 1. The quantitative estimate of drug-likeness (QED) is 0.591. The van der Waals surface area contributed by atoms with E-state index in [2.05, 4.69) is 10.8 Å². The van der Waals surface area contributed by atoms with Crippen molar-refractivity contribution >= 4 is 11.6 Å². The van der Waals surface area contributed by atoms with E-state index in [0.29, 0.717) is 18.7 Å². The van der Waals surface area contributed by atoms with Gasteiger partial charge < -0.3 is 10.1 Å². The number of anilines is 1. The topological polar surface area (TPSA) is 59.6 Å². The Morgan fingerprint density at radius 3 is 2.30 bits per heavy atom. The fraction of sp³-hybridized carbons (Fsp3) is 0.136. The third kappa shape index (κ3) is 5.33. The lowest BCUT2D eigenvalue weighted by Crippen LogP contribution is -2.24. The molecule has 0 aliphatic heterocycles. The van der Waals surface area contributed by atoms with Gasteiger partial charge in [-0.05, 0) is 35.4 Å². The number of para-hydroxylation sites is 1. The Kier molecular flexibility index (Phi) is 6.44. The molecule has 0 atom stereocenters. The molecule has 0 unspecified atom stereocenters. The van der Waals surface area contributed by atoms with Crippen LogP contribution in [0.15, 0.2) is 78.9 Å². The first-order chi connectivity index (χ1) is 13.3. The molecule has 5 nitrogen and oxygen atoms in total. The summed E-state index contributed by atoms with van der Waals surface area (Å²) in [5.74, 6) is 0.526. The molecule has 27 heavy (non-hydrogen) atoms. The Hall–Kier alpha value is -3.31. The van der Waals surface area contributed by atoms with Gasteiger partial charge in [-0.15, -0.1) is 0 Å². The number of carbonyl (C=O) groups is 1. The van der Waals surface area contributed by atoms with Crippen LogP contribution < -0.4 is 15.5 Å². The zero-order valence-electron chi connectivity index (χ0n) is 15.1. The van der Waals surface area contributed by atoms with Gasteiger partial charge in [0.25, 0.3) is 5.91 Å². The van der Waals surface area contributed by atoms with Crippen molar-refractivity contribution in [1.82, 2.24) is 5.48 Å². The summed E-state index contributed by atoms with van der Waals surface area (Å²) in [6.45, 7) is 0.910. The highest BCUT2D eigenvalue weighted by atomic mass is 16.6. The predicted molar refractivity (Wildman–Crippen MR) is 105 cm³/mol. The molecule has 3 aromatic carbocycles. The van der Waals surface area contributed by atoms with Gasteiger partial charge in [0.15, 0.2) is 0 Å². The molecule has 0 fully saturated rings. The van der Waals surface area contributed by atoms with Crippen molar-refractivity contribution < 1.29 is 14.4 Å². The number of nitrogens with one attached hydrogen (secondary N) is 2. The number of rotatable bonds is 8. The molecular formula is C22H22N2O3. The first-order valence-electron chi connectivity index (χ1n) is 8.68. The van der Waals surface area contributed by atoms with Gasteiger partial charge in [-0.3, -0.25) is 9.63 Å². The van der Waals surface area contributed by atoms with Crippen LogP contribution in [0.4, 0.5) is 5.69 Å². The van der Waals surface area contributed by atoms with Crippen LogP contribution in [0.2, 0.25) is 0 Å². The Balaban J connectivity index is 1.58. The van der Waals surface area contributed by atoms with E-state index in [9.17, 15) is 4.79 Å². The van der Waals surface area contributed by atoms with Gasteiger partial charge in [-0.2, -0.15) is 0 Å². The summed E-state index contributed by atoms with van der Waals surface area (Å²) in [7, 11) is 1.64. The van der Waals surface area contributed by atoms with Gasteiger partial charge >= 0.3 is 0 Å². The van der Waals surface area contributed by atoms with Crippen LogP contribution in [0.25, 0.3) is 0 Å². The maximum absolute atomic E-state index is 12.5. The Morgan fingerprint density at radius 1 is 0.852 bits per heavy atom. The minimum absolute atomic E-state index is 0.288. The summed E-state index contributed by atoms with van der Waals surface area (Å²) in [6.07, 6.45) is 0. The maximum atomic E-state index is 12.5. The summed E-state index contributed by atoms with van der Waals surface area (Å²) in [6, 6.07) is 24.8. The number of benzene rings is 3. The van der Waals surface area contributed by atoms with Crippen molar-refractivity contribution in [3.05, 3.63) is 95.6 Å². The largest absolute Gasteiger partial charge is 0.497 e. The average molecular weight is 362 g/mol. The monoisotopic (exact) mass is 362 g/mol. The van der Waals surface area contributed by atoms with Crippen LogP contribution in [0.5, 0.6) is 5.75 Å². The van der Waals surface area contributed by atoms with Crippen LogP contribution in [-0.4, -0.2) is 13.0 Å². The molecule has 0 aliphatic carbocycles. The summed E-state index contributed by atoms with van der Waals surface area (Å²) in [4.78, 5) is 17.8.